The Morgan fingerprint density at radius 3 is 2.33 bits per heavy atom. The van der Waals surface area contributed by atoms with E-state index in [0.717, 1.165) is 0 Å². The van der Waals surface area contributed by atoms with E-state index in [4.69, 9.17) is 19.3 Å². The van der Waals surface area contributed by atoms with Crippen LogP contribution in [0.1, 0.15) is 5.56 Å². The first-order valence-electron chi connectivity index (χ1n) is 5.39. The molecule has 1 rings (SSSR count). The topological polar surface area (TPSA) is 65.0 Å². The standard InChI is InChI=1S/C13H16O5/c1-16-8-9-18-11(12(17-2)13(14)15)10-6-4-3-5-7-10/h3-7H,8-9H2,1-2H3,(H,14,15). The average molecular weight is 252 g/mol. The van der Waals surface area contributed by atoms with Crippen molar-refractivity contribution in [1.29, 1.82) is 0 Å². The van der Waals surface area contributed by atoms with Gasteiger partial charge in [-0.3, -0.25) is 0 Å². The van der Waals surface area contributed by atoms with Crippen LogP contribution < -0.4 is 0 Å². The molecule has 5 heteroatoms. The molecule has 1 aromatic rings. The van der Waals surface area contributed by atoms with Crippen molar-refractivity contribution in [1.82, 2.24) is 0 Å². The van der Waals surface area contributed by atoms with Crippen molar-refractivity contribution in [2.45, 2.75) is 0 Å². The van der Waals surface area contributed by atoms with Crippen LogP contribution in [0.2, 0.25) is 0 Å². The molecule has 0 aromatic heterocycles. The molecule has 0 heterocycles. The van der Waals surface area contributed by atoms with Gasteiger partial charge in [-0.15, -0.1) is 0 Å². The Kier molecular flexibility index (Phi) is 5.73. The van der Waals surface area contributed by atoms with Gasteiger partial charge in [0.05, 0.1) is 13.7 Å². The molecule has 0 fully saturated rings. The van der Waals surface area contributed by atoms with Gasteiger partial charge in [-0.05, 0) is 0 Å². The highest BCUT2D eigenvalue weighted by molar-refractivity contribution is 5.92. The molecule has 0 aliphatic carbocycles. The van der Waals surface area contributed by atoms with Crippen molar-refractivity contribution < 1.29 is 24.1 Å². The highest BCUT2D eigenvalue weighted by Gasteiger charge is 2.18. The van der Waals surface area contributed by atoms with Crippen LogP contribution in [-0.2, 0) is 19.0 Å². The zero-order valence-corrected chi connectivity index (χ0v) is 10.4. The number of aliphatic carboxylic acids is 1. The molecular formula is C13H16O5. The second-order valence-electron chi connectivity index (χ2n) is 3.37. The third-order valence-corrected chi connectivity index (χ3v) is 2.17. The maximum atomic E-state index is 11.1. The summed E-state index contributed by atoms with van der Waals surface area (Å²) >= 11 is 0. The Bertz CT molecular complexity index is 411. The van der Waals surface area contributed by atoms with Crippen LogP contribution in [0, 0.1) is 0 Å². The van der Waals surface area contributed by atoms with Crippen molar-refractivity contribution >= 4 is 11.7 Å². The summed E-state index contributed by atoms with van der Waals surface area (Å²) in [5.74, 6) is -1.20. The fourth-order valence-corrected chi connectivity index (χ4v) is 1.37. The summed E-state index contributed by atoms with van der Waals surface area (Å²) < 4.78 is 15.2. The predicted octanol–water partition coefficient (Wildman–Crippen LogP) is 1.75. The monoisotopic (exact) mass is 252 g/mol. The molecular weight excluding hydrogens is 236 g/mol. The smallest absolute Gasteiger partial charge is 0.375 e. The third-order valence-electron chi connectivity index (χ3n) is 2.17. The van der Waals surface area contributed by atoms with E-state index in [1.54, 1.807) is 31.4 Å². The van der Waals surface area contributed by atoms with Gasteiger partial charge in [0.1, 0.15) is 6.61 Å². The summed E-state index contributed by atoms with van der Waals surface area (Å²) in [4.78, 5) is 11.1. The molecule has 0 atom stereocenters. The molecule has 0 aliphatic heterocycles. The van der Waals surface area contributed by atoms with E-state index in [-0.39, 0.29) is 18.1 Å². The van der Waals surface area contributed by atoms with Crippen LogP contribution >= 0.6 is 0 Å². The first-order chi connectivity index (χ1) is 8.70. The predicted molar refractivity (Wildman–Crippen MR) is 65.8 cm³/mol. The summed E-state index contributed by atoms with van der Waals surface area (Å²) in [7, 11) is 2.84. The minimum Gasteiger partial charge on any atom is -0.487 e. The van der Waals surface area contributed by atoms with Crippen molar-refractivity contribution in [3.63, 3.8) is 0 Å². The molecule has 0 spiro atoms. The summed E-state index contributed by atoms with van der Waals surface area (Å²) in [6.45, 7) is 0.619. The van der Waals surface area contributed by atoms with E-state index < -0.39 is 5.97 Å². The molecule has 5 nitrogen and oxygen atoms in total. The maximum absolute atomic E-state index is 11.1. The zero-order valence-electron chi connectivity index (χ0n) is 10.4. The largest absolute Gasteiger partial charge is 0.487 e. The van der Waals surface area contributed by atoms with Crippen LogP contribution in [0.5, 0.6) is 0 Å². The van der Waals surface area contributed by atoms with E-state index in [2.05, 4.69) is 0 Å². The molecule has 0 aliphatic rings. The normalized spacial score (nSPS) is 11.7. The second-order valence-corrected chi connectivity index (χ2v) is 3.37. The van der Waals surface area contributed by atoms with Gasteiger partial charge in [-0.25, -0.2) is 4.79 Å². The molecule has 0 saturated carbocycles. The zero-order chi connectivity index (χ0) is 13.4. The fourth-order valence-electron chi connectivity index (χ4n) is 1.37. The Morgan fingerprint density at radius 1 is 1.17 bits per heavy atom. The number of hydrogen-bond donors (Lipinski definition) is 1. The lowest BCUT2D eigenvalue weighted by atomic mass is 10.1. The second kappa shape index (κ2) is 7.34. The molecule has 98 valence electrons. The average Bonchev–Trinajstić information content (AvgIpc) is 2.38. The molecule has 18 heavy (non-hydrogen) atoms. The number of hydrogen-bond acceptors (Lipinski definition) is 4. The van der Waals surface area contributed by atoms with E-state index in [0.29, 0.717) is 12.2 Å². The van der Waals surface area contributed by atoms with Crippen LogP contribution in [0.25, 0.3) is 5.76 Å². The molecule has 0 radical (unpaired) electrons. The highest BCUT2D eigenvalue weighted by Crippen LogP contribution is 2.20. The van der Waals surface area contributed by atoms with E-state index >= 15 is 0 Å². The lowest BCUT2D eigenvalue weighted by Gasteiger charge is -2.13. The Hall–Kier alpha value is -2.01. The molecule has 0 unspecified atom stereocenters. The van der Waals surface area contributed by atoms with Gasteiger partial charge < -0.3 is 19.3 Å². The summed E-state index contributed by atoms with van der Waals surface area (Å²) in [6, 6.07) is 8.94. The van der Waals surface area contributed by atoms with Crippen LogP contribution in [0.3, 0.4) is 0 Å². The van der Waals surface area contributed by atoms with E-state index in [1.165, 1.54) is 7.11 Å². The molecule has 0 bridgehead atoms. The van der Waals surface area contributed by atoms with E-state index in [9.17, 15) is 4.79 Å². The van der Waals surface area contributed by atoms with Crippen molar-refractivity contribution in [3.8, 4) is 0 Å². The molecule has 0 amide bonds. The van der Waals surface area contributed by atoms with Gasteiger partial charge in [-0.1, -0.05) is 30.3 Å². The summed E-state index contributed by atoms with van der Waals surface area (Å²) in [5, 5.41) is 9.07. The highest BCUT2D eigenvalue weighted by atomic mass is 16.5. The summed E-state index contributed by atoms with van der Waals surface area (Å²) in [5.41, 5.74) is 0.646. The lowest BCUT2D eigenvalue weighted by Crippen LogP contribution is -2.10. The first-order valence-corrected chi connectivity index (χ1v) is 5.39. The van der Waals surface area contributed by atoms with Crippen molar-refractivity contribution in [3.05, 3.63) is 41.7 Å². The quantitative estimate of drug-likeness (QED) is 0.455. The van der Waals surface area contributed by atoms with Gasteiger partial charge in [0.15, 0.2) is 5.76 Å². The number of carboxylic acids is 1. The molecule has 1 aromatic carbocycles. The lowest BCUT2D eigenvalue weighted by molar-refractivity contribution is -0.136. The first kappa shape index (κ1) is 14.1. The number of ether oxygens (including phenoxy) is 3. The third kappa shape index (κ3) is 3.78. The van der Waals surface area contributed by atoms with E-state index in [1.807, 2.05) is 6.07 Å². The molecule has 1 N–H and O–H groups in total. The van der Waals surface area contributed by atoms with Crippen molar-refractivity contribution in [2.75, 3.05) is 27.4 Å². The minimum atomic E-state index is -1.17. The van der Waals surface area contributed by atoms with Crippen LogP contribution in [-0.4, -0.2) is 38.5 Å². The fraction of sp³-hybridized carbons (Fsp3) is 0.308. The number of methoxy groups -OCH3 is 2. The Labute approximate surface area is 106 Å². The SMILES string of the molecule is COCCOC(=C(OC)C(=O)O)c1ccccc1. The number of carboxylic acid groups (broad SMARTS) is 1. The Morgan fingerprint density at radius 2 is 1.83 bits per heavy atom. The number of rotatable bonds is 7. The van der Waals surface area contributed by atoms with Gasteiger partial charge in [-0.2, -0.15) is 0 Å². The summed E-state index contributed by atoms with van der Waals surface area (Å²) in [6.07, 6.45) is 0. The van der Waals surface area contributed by atoms with Crippen molar-refractivity contribution in [2.24, 2.45) is 0 Å². The van der Waals surface area contributed by atoms with Gasteiger partial charge in [0, 0.05) is 12.7 Å². The Balaban J connectivity index is 3.05. The van der Waals surface area contributed by atoms with Crippen LogP contribution in [0.4, 0.5) is 0 Å². The van der Waals surface area contributed by atoms with Gasteiger partial charge in [0.2, 0.25) is 5.76 Å². The number of carbonyl (C=O) groups is 1. The van der Waals surface area contributed by atoms with Crippen LogP contribution in [0.15, 0.2) is 36.1 Å². The maximum Gasteiger partial charge on any atom is 0.375 e. The van der Waals surface area contributed by atoms with Gasteiger partial charge >= 0.3 is 5.97 Å². The van der Waals surface area contributed by atoms with Gasteiger partial charge in [0.25, 0.3) is 0 Å². The minimum absolute atomic E-state index is 0.197. The molecule has 0 saturated heterocycles. The number of benzene rings is 1.